The molecule has 3 heteroatoms. The highest BCUT2D eigenvalue weighted by atomic mass is 16.5. The van der Waals surface area contributed by atoms with Gasteiger partial charge in [0.25, 0.3) is 0 Å². The zero-order valence-electron chi connectivity index (χ0n) is 12.1. The van der Waals surface area contributed by atoms with Crippen LogP contribution in [0.2, 0.25) is 0 Å². The third kappa shape index (κ3) is 4.19. The highest BCUT2D eigenvalue weighted by Crippen LogP contribution is 2.31. The molecule has 21 heavy (non-hydrogen) atoms. The first-order valence-corrected chi connectivity index (χ1v) is 7.10. The number of para-hydroxylation sites is 1. The van der Waals surface area contributed by atoms with Crippen molar-refractivity contribution in [1.29, 1.82) is 5.26 Å². The van der Waals surface area contributed by atoms with Crippen molar-refractivity contribution < 1.29 is 4.74 Å². The molecule has 106 valence electrons. The number of nitriles is 1. The summed E-state index contributed by atoms with van der Waals surface area (Å²) in [6, 6.07) is 17.4. The van der Waals surface area contributed by atoms with E-state index >= 15 is 0 Å². The molecule has 2 aromatic rings. The third-order valence-corrected chi connectivity index (χ3v) is 3.02. The molecule has 2 aromatic carbocycles. The molecular formula is C18H18N2O. The molecule has 0 saturated carbocycles. The Morgan fingerprint density at radius 2 is 1.95 bits per heavy atom. The monoisotopic (exact) mass is 278 g/mol. The van der Waals surface area contributed by atoms with Crippen molar-refractivity contribution in [3.05, 3.63) is 59.7 Å². The van der Waals surface area contributed by atoms with Crippen LogP contribution in [-0.2, 0) is 0 Å². The summed E-state index contributed by atoms with van der Waals surface area (Å²) >= 11 is 0. The molecule has 0 atom stereocenters. The summed E-state index contributed by atoms with van der Waals surface area (Å²) in [6.07, 6.45) is 3.81. The van der Waals surface area contributed by atoms with Crippen LogP contribution in [0.3, 0.4) is 0 Å². The Bertz CT molecular complexity index is 642. The molecule has 0 N–H and O–H groups in total. The maximum atomic E-state index is 9.23. The van der Waals surface area contributed by atoms with Crippen LogP contribution in [0.15, 0.2) is 53.5 Å². The number of benzene rings is 2. The van der Waals surface area contributed by atoms with Gasteiger partial charge in [0.1, 0.15) is 17.5 Å². The van der Waals surface area contributed by atoms with E-state index in [2.05, 4.69) is 18.0 Å². The first kappa shape index (κ1) is 14.8. The lowest BCUT2D eigenvalue weighted by molar-refractivity contribution is 0.310. The zero-order valence-corrected chi connectivity index (χ0v) is 12.1. The molecule has 0 fully saturated rings. The Hall–Kier alpha value is -2.60. The topological polar surface area (TPSA) is 45.4 Å². The summed E-state index contributed by atoms with van der Waals surface area (Å²) < 4.78 is 5.74. The van der Waals surface area contributed by atoms with E-state index in [1.807, 2.05) is 42.5 Å². The zero-order chi connectivity index (χ0) is 14.9. The smallest absolute Gasteiger partial charge is 0.146 e. The van der Waals surface area contributed by atoms with Gasteiger partial charge in [-0.2, -0.15) is 5.26 Å². The SMILES string of the molecule is CCCCOc1cccc(C#N)c1N=Cc1ccccc1. The second-order valence-electron chi connectivity index (χ2n) is 4.64. The molecule has 0 bridgehead atoms. The maximum absolute atomic E-state index is 9.23. The molecule has 3 nitrogen and oxygen atoms in total. The van der Waals surface area contributed by atoms with Crippen LogP contribution >= 0.6 is 0 Å². The normalized spacial score (nSPS) is 10.5. The molecule has 0 amide bonds. The van der Waals surface area contributed by atoms with Gasteiger partial charge in [0.15, 0.2) is 0 Å². The van der Waals surface area contributed by atoms with E-state index in [4.69, 9.17) is 4.74 Å². The standard InChI is InChI=1S/C18H18N2O/c1-2-3-12-21-17-11-7-10-16(13-19)18(17)20-14-15-8-5-4-6-9-15/h4-11,14H,2-3,12H2,1H3. The fourth-order valence-electron chi connectivity index (χ4n) is 1.87. The van der Waals surface area contributed by atoms with Crippen LogP contribution in [0.4, 0.5) is 5.69 Å². The molecule has 0 aliphatic rings. The number of hydrogen-bond acceptors (Lipinski definition) is 3. The summed E-state index contributed by atoms with van der Waals surface area (Å²) in [5.74, 6) is 0.662. The predicted octanol–water partition coefficient (Wildman–Crippen LogP) is 4.49. The number of hydrogen-bond donors (Lipinski definition) is 0. The van der Waals surface area contributed by atoms with Gasteiger partial charge in [0.2, 0.25) is 0 Å². The highest BCUT2D eigenvalue weighted by molar-refractivity contribution is 5.83. The molecule has 0 heterocycles. The van der Waals surface area contributed by atoms with Crippen molar-refractivity contribution in [3.8, 4) is 11.8 Å². The second kappa shape index (κ2) is 7.86. The van der Waals surface area contributed by atoms with Gasteiger partial charge >= 0.3 is 0 Å². The van der Waals surface area contributed by atoms with Crippen molar-refractivity contribution >= 4 is 11.9 Å². The van der Waals surface area contributed by atoms with Crippen LogP contribution in [-0.4, -0.2) is 12.8 Å². The second-order valence-corrected chi connectivity index (χ2v) is 4.64. The summed E-state index contributed by atoms with van der Waals surface area (Å²) in [5.41, 5.74) is 2.11. The molecule has 0 aliphatic carbocycles. The largest absolute Gasteiger partial charge is 0.491 e. The van der Waals surface area contributed by atoms with E-state index in [0.29, 0.717) is 23.6 Å². The van der Waals surface area contributed by atoms with Gasteiger partial charge in [-0.15, -0.1) is 0 Å². The number of unbranched alkanes of at least 4 members (excludes halogenated alkanes) is 1. The Morgan fingerprint density at radius 3 is 2.67 bits per heavy atom. The molecule has 0 aliphatic heterocycles. The average Bonchev–Trinajstić information content (AvgIpc) is 2.54. The molecule has 0 unspecified atom stereocenters. The van der Waals surface area contributed by atoms with Crippen LogP contribution < -0.4 is 4.74 Å². The third-order valence-electron chi connectivity index (χ3n) is 3.02. The van der Waals surface area contributed by atoms with E-state index in [1.165, 1.54) is 0 Å². The minimum atomic E-state index is 0.524. The number of aliphatic imine (C=N–C) groups is 1. The van der Waals surface area contributed by atoms with E-state index in [9.17, 15) is 5.26 Å². The molecular weight excluding hydrogens is 260 g/mol. The molecule has 0 radical (unpaired) electrons. The number of ether oxygens (including phenoxy) is 1. The van der Waals surface area contributed by atoms with Crippen molar-refractivity contribution in [2.75, 3.05) is 6.61 Å². The average molecular weight is 278 g/mol. The first-order chi connectivity index (χ1) is 10.3. The van der Waals surface area contributed by atoms with Gasteiger partial charge in [0.05, 0.1) is 12.2 Å². The Kier molecular flexibility index (Phi) is 5.54. The van der Waals surface area contributed by atoms with E-state index in [1.54, 1.807) is 12.3 Å². The lowest BCUT2D eigenvalue weighted by Crippen LogP contribution is -1.97. The van der Waals surface area contributed by atoms with Gasteiger partial charge < -0.3 is 4.74 Å². The van der Waals surface area contributed by atoms with Crippen LogP contribution in [0.5, 0.6) is 5.75 Å². The lowest BCUT2D eigenvalue weighted by atomic mass is 10.2. The minimum absolute atomic E-state index is 0.524. The summed E-state index contributed by atoms with van der Waals surface area (Å²) in [7, 11) is 0. The lowest BCUT2D eigenvalue weighted by Gasteiger charge is -2.09. The Morgan fingerprint density at radius 1 is 1.14 bits per heavy atom. The van der Waals surface area contributed by atoms with Crippen molar-refractivity contribution in [1.82, 2.24) is 0 Å². The van der Waals surface area contributed by atoms with Crippen molar-refractivity contribution in [2.24, 2.45) is 4.99 Å². The molecule has 0 saturated heterocycles. The van der Waals surface area contributed by atoms with Gasteiger partial charge in [-0.3, -0.25) is 4.99 Å². The van der Waals surface area contributed by atoms with Gasteiger partial charge in [0, 0.05) is 6.21 Å². The fraction of sp³-hybridized carbons (Fsp3) is 0.222. The van der Waals surface area contributed by atoms with Crippen LogP contribution in [0.25, 0.3) is 0 Å². The number of nitrogens with zero attached hydrogens (tertiary/aromatic N) is 2. The number of rotatable bonds is 6. The van der Waals surface area contributed by atoms with E-state index < -0.39 is 0 Å². The van der Waals surface area contributed by atoms with Gasteiger partial charge in [-0.25, -0.2) is 0 Å². The first-order valence-electron chi connectivity index (χ1n) is 7.10. The summed E-state index contributed by atoms with van der Waals surface area (Å²) in [4.78, 5) is 4.45. The van der Waals surface area contributed by atoms with E-state index in [0.717, 1.165) is 18.4 Å². The van der Waals surface area contributed by atoms with Crippen LogP contribution in [0.1, 0.15) is 30.9 Å². The summed E-state index contributed by atoms with van der Waals surface area (Å²) in [5, 5.41) is 9.23. The maximum Gasteiger partial charge on any atom is 0.146 e. The molecule has 0 spiro atoms. The molecule has 2 rings (SSSR count). The highest BCUT2D eigenvalue weighted by Gasteiger charge is 2.07. The Balaban J connectivity index is 2.27. The minimum Gasteiger partial charge on any atom is -0.491 e. The fourth-order valence-corrected chi connectivity index (χ4v) is 1.87. The van der Waals surface area contributed by atoms with Gasteiger partial charge in [-0.05, 0) is 24.1 Å². The van der Waals surface area contributed by atoms with Gasteiger partial charge in [-0.1, -0.05) is 49.7 Å². The van der Waals surface area contributed by atoms with E-state index in [-0.39, 0.29) is 0 Å². The van der Waals surface area contributed by atoms with Crippen LogP contribution in [0, 0.1) is 11.3 Å². The predicted molar refractivity (Wildman–Crippen MR) is 85.3 cm³/mol. The summed E-state index contributed by atoms with van der Waals surface area (Å²) in [6.45, 7) is 2.75. The van der Waals surface area contributed by atoms with Crippen molar-refractivity contribution in [3.63, 3.8) is 0 Å². The van der Waals surface area contributed by atoms with Crippen molar-refractivity contribution in [2.45, 2.75) is 19.8 Å². The molecule has 0 aromatic heterocycles. The quantitative estimate of drug-likeness (QED) is 0.577. The Labute approximate surface area is 125 Å².